The molecule has 2 aromatic rings. The van der Waals surface area contributed by atoms with Gasteiger partial charge in [-0.25, -0.2) is 4.68 Å². The molecule has 0 spiro atoms. The molecule has 0 atom stereocenters. The highest BCUT2D eigenvalue weighted by atomic mass is 79.9. The third-order valence-corrected chi connectivity index (χ3v) is 3.56. The maximum Gasteiger partial charge on any atom is 0.275 e. The molecule has 1 N–H and O–H groups in total. The predicted octanol–water partition coefficient (Wildman–Crippen LogP) is 2.03. The van der Waals surface area contributed by atoms with Crippen LogP contribution in [0.4, 0.5) is 0 Å². The molecule has 2 rings (SSSR count). The number of fused-ring (bicyclic) bond motifs is 1. The first kappa shape index (κ1) is 14.7. The van der Waals surface area contributed by atoms with E-state index in [1.165, 1.54) is 11.7 Å². The van der Waals surface area contributed by atoms with E-state index in [1.54, 1.807) is 6.07 Å². The third-order valence-electron chi connectivity index (χ3n) is 3.07. The van der Waals surface area contributed by atoms with E-state index in [9.17, 15) is 9.59 Å². The zero-order chi connectivity index (χ0) is 14.9. The van der Waals surface area contributed by atoms with Crippen molar-refractivity contribution in [2.45, 2.75) is 26.3 Å². The molecule has 1 aromatic carbocycles. The smallest absolute Gasteiger partial charge is 0.275 e. The maximum atomic E-state index is 12.4. The maximum absolute atomic E-state index is 12.4. The second-order valence-electron chi connectivity index (χ2n) is 4.87. The Hall–Kier alpha value is -1.69. The van der Waals surface area contributed by atoms with Crippen LogP contribution in [0.5, 0.6) is 0 Å². The fraction of sp³-hybridized carbons (Fsp3) is 0.357. The lowest BCUT2D eigenvalue weighted by Crippen LogP contribution is -2.32. The molecular weight excluding hydrogens is 322 g/mol. The van der Waals surface area contributed by atoms with Gasteiger partial charge in [-0.2, -0.15) is 5.10 Å². The van der Waals surface area contributed by atoms with Crippen LogP contribution in [-0.4, -0.2) is 22.7 Å². The van der Waals surface area contributed by atoms with Crippen molar-refractivity contribution in [2.24, 2.45) is 0 Å². The first-order chi connectivity index (χ1) is 9.43. The first-order valence-corrected chi connectivity index (χ1v) is 7.14. The van der Waals surface area contributed by atoms with Crippen LogP contribution in [-0.2, 0) is 11.3 Å². The van der Waals surface area contributed by atoms with E-state index in [-0.39, 0.29) is 23.9 Å². The molecule has 0 aliphatic rings. The van der Waals surface area contributed by atoms with Crippen molar-refractivity contribution >= 4 is 32.6 Å². The van der Waals surface area contributed by atoms with Gasteiger partial charge in [0.2, 0.25) is 5.91 Å². The number of rotatable bonds is 3. The zero-order valence-corrected chi connectivity index (χ0v) is 13.2. The summed E-state index contributed by atoms with van der Waals surface area (Å²) in [4.78, 5) is 23.9. The molecule has 1 heterocycles. The average Bonchev–Trinajstić information content (AvgIpc) is 2.41. The van der Waals surface area contributed by atoms with Crippen LogP contribution in [0, 0.1) is 0 Å². The van der Waals surface area contributed by atoms with Gasteiger partial charge in [0.1, 0.15) is 6.54 Å². The predicted molar refractivity (Wildman–Crippen MR) is 81.9 cm³/mol. The third kappa shape index (κ3) is 2.75. The van der Waals surface area contributed by atoms with Crippen molar-refractivity contribution in [1.29, 1.82) is 0 Å². The molecule has 0 aliphatic carbocycles. The minimum atomic E-state index is -0.250. The molecule has 20 heavy (non-hydrogen) atoms. The van der Waals surface area contributed by atoms with Crippen LogP contribution in [0.2, 0.25) is 0 Å². The van der Waals surface area contributed by atoms with Gasteiger partial charge in [-0.05, 0) is 24.1 Å². The van der Waals surface area contributed by atoms with E-state index >= 15 is 0 Å². The van der Waals surface area contributed by atoms with Crippen LogP contribution >= 0.6 is 15.9 Å². The molecule has 0 unspecified atom stereocenters. The molecule has 0 fully saturated rings. The van der Waals surface area contributed by atoms with Gasteiger partial charge in [-0.15, -0.1) is 0 Å². The number of amides is 1. The quantitative estimate of drug-likeness (QED) is 0.931. The summed E-state index contributed by atoms with van der Waals surface area (Å²) in [5.74, 6) is -0.0888. The van der Waals surface area contributed by atoms with Crippen molar-refractivity contribution in [3.8, 4) is 0 Å². The van der Waals surface area contributed by atoms with Gasteiger partial charge < -0.3 is 5.32 Å². The zero-order valence-electron chi connectivity index (χ0n) is 11.6. The van der Waals surface area contributed by atoms with Crippen molar-refractivity contribution < 1.29 is 4.79 Å². The van der Waals surface area contributed by atoms with Crippen LogP contribution in [0.15, 0.2) is 27.5 Å². The molecule has 0 saturated heterocycles. The normalized spacial score (nSPS) is 11.1. The second-order valence-corrected chi connectivity index (χ2v) is 5.78. The van der Waals surface area contributed by atoms with Crippen LogP contribution in [0.25, 0.3) is 10.8 Å². The Morgan fingerprint density at radius 3 is 2.70 bits per heavy atom. The minimum Gasteiger partial charge on any atom is -0.358 e. The number of nitrogens with zero attached hydrogens (tertiary/aromatic N) is 2. The number of hydrogen-bond acceptors (Lipinski definition) is 3. The molecular formula is C14H16BrN3O2. The van der Waals surface area contributed by atoms with Gasteiger partial charge in [0, 0.05) is 16.9 Å². The summed E-state index contributed by atoms with van der Waals surface area (Å²) in [5, 5.41) is 8.26. The van der Waals surface area contributed by atoms with E-state index in [0.29, 0.717) is 5.39 Å². The molecule has 0 bridgehead atoms. The van der Waals surface area contributed by atoms with E-state index < -0.39 is 0 Å². The summed E-state index contributed by atoms with van der Waals surface area (Å²) < 4.78 is 2.13. The average molecular weight is 338 g/mol. The van der Waals surface area contributed by atoms with Crippen LogP contribution in [0.3, 0.4) is 0 Å². The van der Waals surface area contributed by atoms with Crippen molar-refractivity contribution in [1.82, 2.24) is 15.1 Å². The van der Waals surface area contributed by atoms with E-state index in [4.69, 9.17) is 0 Å². The van der Waals surface area contributed by atoms with Crippen molar-refractivity contribution in [3.63, 3.8) is 0 Å². The van der Waals surface area contributed by atoms with E-state index in [2.05, 4.69) is 26.3 Å². The lowest BCUT2D eigenvalue weighted by molar-refractivity contribution is -0.121. The summed E-state index contributed by atoms with van der Waals surface area (Å²) in [6.07, 6.45) is 0. The minimum absolute atomic E-state index is 0.0684. The molecule has 106 valence electrons. The van der Waals surface area contributed by atoms with Crippen molar-refractivity contribution in [2.75, 3.05) is 7.05 Å². The number of carbonyl (C=O) groups excluding carboxylic acids is 1. The summed E-state index contributed by atoms with van der Waals surface area (Å²) in [6, 6.07) is 5.47. The fourth-order valence-electron chi connectivity index (χ4n) is 2.03. The number of benzene rings is 1. The Labute approximate surface area is 125 Å². The number of halogens is 1. The molecule has 0 saturated carbocycles. The van der Waals surface area contributed by atoms with Gasteiger partial charge in [-0.1, -0.05) is 29.8 Å². The van der Waals surface area contributed by atoms with Gasteiger partial charge in [0.15, 0.2) is 0 Å². The van der Waals surface area contributed by atoms with Gasteiger partial charge in [0.05, 0.1) is 11.1 Å². The highest BCUT2D eigenvalue weighted by molar-refractivity contribution is 9.10. The first-order valence-electron chi connectivity index (χ1n) is 6.35. The Balaban J connectivity index is 2.73. The molecule has 0 aliphatic heterocycles. The Bertz CT molecular complexity index is 722. The lowest BCUT2D eigenvalue weighted by atomic mass is 10.0. The van der Waals surface area contributed by atoms with E-state index in [0.717, 1.165) is 15.6 Å². The topological polar surface area (TPSA) is 64.0 Å². The molecule has 6 heteroatoms. The number of hydrogen-bond donors (Lipinski definition) is 1. The summed E-state index contributed by atoms with van der Waals surface area (Å²) >= 11 is 3.41. The van der Waals surface area contributed by atoms with Crippen LogP contribution in [0.1, 0.15) is 25.5 Å². The highest BCUT2D eigenvalue weighted by Crippen LogP contribution is 2.24. The number of nitrogens with one attached hydrogen (secondary N) is 1. The molecule has 5 nitrogen and oxygen atoms in total. The fourth-order valence-corrected chi connectivity index (χ4v) is 2.39. The lowest BCUT2D eigenvalue weighted by Gasteiger charge is -2.13. The molecule has 1 aromatic heterocycles. The Morgan fingerprint density at radius 2 is 2.10 bits per heavy atom. The summed E-state index contributed by atoms with van der Waals surface area (Å²) in [7, 11) is 1.54. The van der Waals surface area contributed by atoms with Gasteiger partial charge in [-0.3, -0.25) is 9.59 Å². The van der Waals surface area contributed by atoms with E-state index in [1.807, 2.05) is 26.0 Å². The largest absolute Gasteiger partial charge is 0.358 e. The Morgan fingerprint density at radius 1 is 1.40 bits per heavy atom. The standard InChI is InChI=1S/C14H16BrN3O2/c1-8(2)13-11-6-9(15)4-5-10(11)14(20)18(17-13)7-12(19)16-3/h4-6,8H,7H2,1-3H3,(H,16,19). The number of carbonyl (C=O) groups is 1. The summed E-state index contributed by atoms with van der Waals surface area (Å²) in [6.45, 7) is 3.95. The number of likely N-dealkylation sites (N-methyl/N-ethyl adjacent to an activating group) is 1. The number of aromatic nitrogens is 2. The Kier molecular flexibility index (Phi) is 4.23. The SMILES string of the molecule is CNC(=O)Cn1nc(C(C)C)c2cc(Br)ccc2c1=O. The second kappa shape index (κ2) is 5.75. The van der Waals surface area contributed by atoms with Gasteiger partial charge >= 0.3 is 0 Å². The summed E-state index contributed by atoms with van der Waals surface area (Å²) in [5.41, 5.74) is 0.560. The molecule has 0 radical (unpaired) electrons. The van der Waals surface area contributed by atoms with Crippen LogP contribution < -0.4 is 10.9 Å². The highest BCUT2D eigenvalue weighted by Gasteiger charge is 2.14. The molecule has 1 amide bonds. The van der Waals surface area contributed by atoms with Gasteiger partial charge in [0.25, 0.3) is 5.56 Å². The van der Waals surface area contributed by atoms with Crippen molar-refractivity contribution in [3.05, 3.63) is 38.7 Å². The monoisotopic (exact) mass is 337 g/mol.